The van der Waals surface area contributed by atoms with E-state index in [1.807, 2.05) is 23.8 Å². The summed E-state index contributed by atoms with van der Waals surface area (Å²) in [5, 5.41) is 3.15. The number of nitrogens with one attached hydrogen (secondary N) is 1. The van der Waals surface area contributed by atoms with Gasteiger partial charge in [-0.3, -0.25) is 0 Å². The molecular formula is C14H18FN3. The zero-order chi connectivity index (χ0) is 13.3. The third kappa shape index (κ3) is 2.53. The lowest BCUT2D eigenvalue weighted by Gasteiger charge is -2.13. The molecule has 96 valence electrons. The molecule has 0 radical (unpaired) electrons. The van der Waals surface area contributed by atoms with Crippen molar-refractivity contribution in [1.29, 1.82) is 0 Å². The lowest BCUT2D eigenvalue weighted by Crippen LogP contribution is -2.05. The van der Waals surface area contributed by atoms with Gasteiger partial charge in [0.25, 0.3) is 0 Å². The molecule has 0 aliphatic carbocycles. The molecule has 0 saturated heterocycles. The van der Waals surface area contributed by atoms with Gasteiger partial charge in [0.1, 0.15) is 5.82 Å². The number of imidazole rings is 1. The van der Waals surface area contributed by atoms with Crippen molar-refractivity contribution in [3.63, 3.8) is 0 Å². The van der Waals surface area contributed by atoms with Crippen LogP contribution in [0.5, 0.6) is 0 Å². The number of nitrogens with zero attached hydrogens (tertiary/aromatic N) is 2. The zero-order valence-corrected chi connectivity index (χ0v) is 11.2. The molecule has 18 heavy (non-hydrogen) atoms. The largest absolute Gasteiger partial charge is 0.325 e. The lowest BCUT2D eigenvalue weighted by molar-refractivity contribution is 0.606. The maximum Gasteiger partial charge on any atom is 0.207 e. The molecule has 0 saturated carbocycles. The van der Waals surface area contributed by atoms with Crippen molar-refractivity contribution in [3.05, 3.63) is 41.5 Å². The van der Waals surface area contributed by atoms with E-state index in [0.29, 0.717) is 17.3 Å². The van der Waals surface area contributed by atoms with Crippen LogP contribution in [0.25, 0.3) is 0 Å². The van der Waals surface area contributed by atoms with Crippen molar-refractivity contribution >= 4 is 11.6 Å². The summed E-state index contributed by atoms with van der Waals surface area (Å²) >= 11 is 0. The third-order valence-corrected chi connectivity index (χ3v) is 2.84. The highest BCUT2D eigenvalue weighted by Crippen LogP contribution is 2.21. The van der Waals surface area contributed by atoms with E-state index in [4.69, 9.17) is 0 Å². The Morgan fingerprint density at radius 3 is 2.61 bits per heavy atom. The highest BCUT2D eigenvalue weighted by atomic mass is 19.1. The molecule has 2 rings (SSSR count). The molecule has 0 aliphatic rings. The Hall–Kier alpha value is -1.84. The second-order valence-electron chi connectivity index (χ2n) is 4.80. The molecule has 0 amide bonds. The van der Waals surface area contributed by atoms with Crippen molar-refractivity contribution in [2.45, 2.75) is 33.7 Å². The minimum atomic E-state index is -0.209. The number of rotatable bonds is 3. The number of anilines is 2. The molecule has 1 aromatic heterocycles. The Balaban J connectivity index is 2.30. The Labute approximate surface area is 107 Å². The van der Waals surface area contributed by atoms with E-state index < -0.39 is 0 Å². The van der Waals surface area contributed by atoms with E-state index in [9.17, 15) is 4.39 Å². The van der Waals surface area contributed by atoms with Crippen molar-refractivity contribution in [1.82, 2.24) is 9.55 Å². The van der Waals surface area contributed by atoms with Gasteiger partial charge in [0.2, 0.25) is 5.95 Å². The number of hydrogen-bond acceptors (Lipinski definition) is 2. The van der Waals surface area contributed by atoms with Gasteiger partial charge in [-0.15, -0.1) is 0 Å². The highest BCUT2D eigenvalue weighted by molar-refractivity contribution is 5.54. The van der Waals surface area contributed by atoms with E-state index in [0.717, 1.165) is 11.6 Å². The Kier molecular flexibility index (Phi) is 3.36. The molecule has 1 aromatic carbocycles. The molecule has 1 heterocycles. The van der Waals surface area contributed by atoms with E-state index >= 15 is 0 Å². The second kappa shape index (κ2) is 4.80. The summed E-state index contributed by atoms with van der Waals surface area (Å²) in [5.74, 6) is 0.533. The van der Waals surface area contributed by atoms with Gasteiger partial charge in [-0.05, 0) is 45.4 Å². The predicted octanol–water partition coefficient (Wildman–Crippen LogP) is 3.96. The van der Waals surface area contributed by atoms with Crippen LogP contribution in [0.2, 0.25) is 0 Å². The van der Waals surface area contributed by atoms with Crippen molar-refractivity contribution < 1.29 is 4.39 Å². The first-order valence-electron chi connectivity index (χ1n) is 6.06. The van der Waals surface area contributed by atoms with E-state index in [-0.39, 0.29) is 5.82 Å². The Morgan fingerprint density at radius 2 is 2.00 bits per heavy atom. The van der Waals surface area contributed by atoms with Gasteiger partial charge in [0.15, 0.2) is 0 Å². The van der Waals surface area contributed by atoms with Crippen molar-refractivity contribution in [3.8, 4) is 0 Å². The fraction of sp³-hybridized carbons (Fsp3) is 0.357. The fourth-order valence-electron chi connectivity index (χ4n) is 1.80. The quantitative estimate of drug-likeness (QED) is 0.889. The molecule has 2 aromatic rings. The summed E-state index contributed by atoms with van der Waals surface area (Å²) in [5.41, 5.74) is 2.30. The normalized spacial score (nSPS) is 11.0. The average molecular weight is 247 g/mol. The van der Waals surface area contributed by atoms with Gasteiger partial charge in [0, 0.05) is 17.9 Å². The third-order valence-electron chi connectivity index (χ3n) is 2.84. The van der Waals surface area contributed by atoms with Crippen LogP contribution in [0, 0.1) is 19.7 Å². The smallest absolute Gasteiger partial charge is 0.207 e. The fourth-order valence-corrected chi connectivity index (χ4v) is 1.80. The first-order chi connectivity index (χ1) is 8.47. The molecule has 0 bridgehead atoms. The summed E-state index contributed by atoms with van der Waals surface area (Å²) in [4.78, 5) is 4.41. The van der Waals surface area contributed by atoms with E-state index in [1.165, 1.54) is 6.07 Å². The topological polar surface area (TPSA) is 29.9 Å². The molecule has 0 atom stereocenters. The number of benzene rings is 1. The highest BCUT2D eigenvalue weighted by Gasteiger charge is 2.09. The van der Waals surface area contributed by atoms with Crippen LogP contribution in [-0.4, -0.2) is 9.55 Å². The first-order valence-corrected chi connectivity index (χ1v) is 6.06. The van der Waals surface area contributed by atoms with Crippen LogP contribution < -0.4 is 5.32 Å². The van der Waals surface area contributed by atoms with Gasteiger partial charge in [0.05, 0.1) is 5.69 Å². The van der Waals surface area contributed by atoms with Crippen LogP contribution >= 0.6 is 0 Å². The van der Waals surface area contributed by atoms with Gasteiger partial charge in [-0.2, -0.15) is 0 Å². The number of aromatic nitrogens is 2. The minimum Gasteiger partial charge on any atom is -0.325 e. The van der Waals surface area contributed by atoms with Gasteiger partial charge < -0.3 is 9.88 Å². The minimum absolute atomic E-state index is 0.209. The van der Waals surface area contributed by atoms with Crippen LogP contribution in [0.4, 0.5) is 16.0 Å². The lowest BCUT2D eigenvalue weighted by atomic mass is 10.2. The summed E-state index contributed by atoms with van der Waals surface area (Å²) in [7, 11) is 0. The number of hydrogen-bond donors (Lipinski definition) is 1. The predicted molar refractivity (Wildman–Crippen MR) is 71.8 cm³/mol. The van der Waals surface area contributed by atoms with Crippen molar-refractivity contribution in [2.24, 2.45) is 0 Å². The molecule has 1 N–H and O–H groups in total. The molecule has 0 aliphatic heterocycles. The van der Waals surface area contributed by atoms with Crippen LogP contribution in [-0.2, 0) is 0 Å². The van der Waals surface area contributed by atoms with Crippen molar-refractivity contribution in [2.75, 3.05) is 5.32 Å². The van der Waals surface area contributed by atoms with E-state index in [2.05, 4.69) is 24.1 Å². The maximum absolute atomic E-state index is 13.5. The maximum atomic E-state index is 13.5. The molecule has 0 fully saturated rings. The monoisotopic (exact) mass is 247 g/mol. The average Bonchev–Trinajstić information content (AvgIpc) is 2.65. The molecular weight excluding hydrogens is 229 g/mol. The second-order valence-corrected chi connectivity index (χ2v) is 4.80. The van der Waals surface area contributed by atoms with Gasteiger partial charge in [-0.25, -0.2) is 9.37 Å². The number of halogens is 1. The SMILES string of the molecule is Cc1cn(C(C)C)c(Nc2ccc(C)c(F)c2)n1. The van der Waals surface area contributed by atoms with Crippen LogP contribution in [0.1, 0.15) is 31.1 Å². The van der Waals surface area contributed by atoms with E-state index in [1.54, 1.807) is 13.0 Å². The van der Waals surface area contributed by atoms with Crippen LogP contribution in [0.15, 0.2) is 24.4 Å². The molecule has 3 nitrogen and oxygen atoms in total. The number of aryl methyl sites for hydroxylation is 2. The van der Waals surface area contributed by atoms with Crippen LogP contribution in [0.3, 0.4) is 0 Å². The standard InChI is InChI=1S/C14H18FN3/c1-9(2)18-8-11(4)16-14(18)17-12-6-5-10(3)13(15)7-12/h5-9H,1-4H3,(H,16,17). The first kappa shape index (κ1) is 12.6. The summed E-state index contributed by atoms with van der Waals surface area (Å²) in [6.45, 7) is 7.86. The molecule has 4 heteroatoms. The summed E-state index contributed by atoms with van der Waals surface area (Å²) in [6, 6.07) is 5.41. The Morgan fingerprint density at radius 1 is 1.28 bits per heavy atom. The van der Waals surface area contributed by atoms with Gasteiger partial charge in [-0.1, -0.05) is 6.07 Å². The molecule has 0 spiro atoms. The Bertz CT molecular complexity index is 558. The molecule has 0 unspecified atom stereocenters. The summed E-state index contributed by atoms with van der Waals surface area (Å²) < 4.78 is 15.5. The summed E-state index contributed by atoms with van der Waals surface area (Å²) in [6.07, 6.45) is 1.98. The zero-order valence-electron chi connectivity index (χ0n) is 11.2. The van der Waals surface area contributed by atoms with Gasteiger partial charge >= 0.3 is 0 Å².